The van der Waals surface area contributed by atoms with Crippen LogP contribution in [-0.2, 0) is 35.6 Å². The van der Waals surface area contributed by atoms with Gasteiger partial charge in [-0.2, -0.15) is 0 Å². The van der Waals surface area contributed by atoms with Gasteiger partial charge in [0.2, 0.25) is 11.8 Å². The lowest BCUT2D eigenvalue weighted by molar-refractivity contribution is -0.128. The number of carbonyl (C=O) groups excluding carboxylic acids is 2. The summed E-state index contributed by atoms with van der Waals surface area (Å²) < 4.78 is 5.32. The standard InChI is InChI=1S/C23H24N4O3S/c28-21-11-17(13-27(21)14-18-7-4-10-30-18)22(29)25-23-24-19-8-9-26(15-20(19)31-23)12-16-5-2-1-3-6-16/h1-7,10,17H,8-9,11-15H2,(H,24,25,29)/t17-/m0/s1. The molecule has 8 heteroatoms. The van der Waals surface area contributed by atoms with E-state index in [0.717, 1.165) is 37.5 Å². The number of anilines is 1. The van der Waals surface area contributed by atoms with Gasteiger partial charge in [-0.05, 0) is 17.7 Å². The lowest BCUT2D eigenvalue weighted by Crippen LogP contribution is -2.29. The molecule has 1 fully saturated rings. The van der Waals surface area contributed by atoms with Gasteiger partial charge in [0.1, 0.15) is 5.76 Å². The minimum Gasteiger partial charge on any atom is -0.467 e. The number of fused-ring (bicyclic) bond motifs is 1. The Balaban J connectivity index is 1.18. The smallest absolute Gasteiger partial charge is 0.231 e. The summed E-state index contributed by atoms with van der Waals surface area (Å²) in [7, 11) is 0. The van der Waals surface area contributed by atoms with Crippen LogP contribution < -0.4 is 5.32 Å². The molecule has 0 bridgehead atoms. The monoisotopic (exact) mass is 436 g/mol. The molecule has 1 aromatic carbocycles. The Bertz CT molecular complexity index is 1060. The minimum absolute atomic E-state index is 0.0217. The Hall–Kier alpha value is -2.97. The van der Waals surface area contributed by atoms with Crippen LogP contribution in [0.15, 0.2) is 53.1 Å². The van der Waals surface area contributed by atoms with E-state index >= 15 is 0 Å². The van der Waals surface area contributed by atoms with E-state index in [1.807, 2.05) is 12.1 Å². The highest BCUT2D eigenvalue weighted by molar-refractivity contribution is 7.15. The van der Waals surface area contributed by atoms with Crippen molar-refractivity contribution in [1.29, 1.82) is 0 Å². The number of benzene rings is 1. The molecule has 2 amide bonds. The van der Waals surface area contributed by atoms with E-state index in [1.165, 1.54) is 10.4 Å². The fourth-order valence-electron chi connectivity index (χ4n) is 4.18. The van der Waals surface area contributed by atoms with Crippen molar-refractivity contribution >= 4 is 28.3 Å². The molecule has 5 rings (SSSR count). The number of hydrogen-bond acceptors (Lipinski definition) is 6. The maximum Gasteiger partial charge on any atom is 0.231 e. The summed E-state index contributed by atoms with van der Waals surface area (Å²) in [6.45, 7) is 3.52. The van der Waals surface area contributed by atoms with E-state index in [9.17, 15) is 9.59 Å². The van der Waals surface area contributed by atoms with Crippen molar-refractivity contribution < 1.29 is 14.0 Å². The third-order valence-electron chi connectivity index (χ3n) is 5.80. The summed E-state index contributed by atoms with van der Waals surface area (Å²) in [5.74, 6) is 0.203. The fraction of sp³-hybridized carbons (Fsp3) is 0.348. The molecule has 0 unspecified atom stereocenters. The van der Waals surface area contributed by atoms with Gasteiger partial charge in [-0.25, -0.2) is 4.98 Å². The van der Waals surface area contributed by atoms with Crippen LogP contribution in [0.5, 0.6) is 0 Å². The van der Waals surface area contributed by atoms with Gasteiger partial charge in [-0.15, -0.1) is 11.3 Å². The Morgan fingerprint density at radius 1 is 1.19 bits per heavy atom. The summed E-state index contributed by atoms with van der Waals surface area (Å²) in [6.07, 6.45) is 2.70. The van der Waals surface area contributed by atoms with Gasteiger partial charge < -0.3 is 14.6 Å². The summed E-state index contributed by atoms with van der Waals surface area (Å²) in [4.78, 5) is 35.0. The number of carbonyl (C=O) groups is 2. The number of thiazole rings is 1. The molecule has 0 spiro atoms. The number of hydrogen-bond donors (Lipinski definition) is 1. The Morgan fingerprint density at radius 3 is 2.87 bits per heavy atom. The number of nitrogens with zero attached hydrogens (tertiary/aromatic N) is 3. The van der Waals surface area contributed by atoms with E-state index < -0.39 is 0 Å². The Kier molecular flexibility index (Phi) is 5.57. The summed E-state index contributed by atoms with van der Waals surface area (Å²) >= 11 is 1.54. The molecule has 31 heavy (non-hydrogen) atoms. The number of amides is 2. The molecule has 2 aliphatic rings. The highest BCUT2D eigenvalue weighted by Crippen LogP contribution is 2.30. The average molecular weight is 437 g/mol. The van der Waals surface area contributed by atoms with Gasteiger partial charge in [0, 0.05) is 43.9 Å². The molecule has 2 aromatic heterocycles. The molecule has 1 N–H and O–H groups in total. The van der Waals surface area contributed by atoms with E-state index in [-0.39, 0.29) is 24.2 Å². The SMILES string of the molecule is O=C(Nc1nc2c(s1)CN(Cc1ccccc1)CC2)[C@H]1CC(=O)N(Cc2ccco2)C1. The first-order valence-electron chi connectivity index (χ1n) is 10.5. The van der Waals surface area contributed by atoms with E-state index in [0.29, 0.717) is 18.2 Å². The molecule has 0 aliphatic carbocycles. The normalized spacial score (nSPS) is 18.9. The van der Waals surface area contributed by atoms with Crippen LogP contribution in [0.3, 0.4) is 0 Å². The second-order valence-electron chi connectivity index (χ2n) is 8.08. The molecule has 0 saturated carbocycles. The third kappa shape index (κ3) is 4.55. The molecule has 1 atom stereocenters. The average Bonchev–Trinajstić information content (AvgIpc) is 3.49. The molecule has 7 nitrogen and oxygen atoms in total. The van der Waals surface area contributed by atoms with Crippen LogP contribution in [0.2, 0.25) is 0 Å². The van der Waals surface area contributed by atoms with Crippen molar-refractivity contribution in [3.63, 3.8) is 0 Å². The van der Waals surface area contributed by atoms with Gasteiger partial charge in [-0.1, -0.05) is 30.3 Å². The van der Waals surface area contributed by atoms with Crippen LogP contribution in [-0.4, -0.2) is 39.7 Å². The van der Waals surface area contributed by atoms with E-state index in [1.54, 1.807) is 28.6 Å². The first kappa shape index (κ1) is 20.0. The molecular weight excluding hydrogens is 412 g/mol. The minimum atomic E-state index is -0.363. The second kappa shape index (κ2) is 8.64. The van der Waals surface area contributed by atoms with Crippen LogP contribution in [0, 0.1) is 5.92 Å². The number of aromatic nitrogens is 1. The van der Waals surface area contributed by atoms with Crippen molar-refractivity contribution in [3.05, 3.63) is 70.6 Å². The van der Waals surface area contributed by atoms with E-state index in [2.05, 4.69) is 39.5 Å². The highest BCUT2D eigenvalue weighted by atomic mass is 32.1. The molecule has 3 aromatic rings. The van der Waals surface area contributed by atoms with Crippen molar-refractivity contribution in [2.45, 2.75) is 32.5 Å². The number of likely N-dealkylation sites (tertiary alicyclic amines) is 1. The predicted octanol–water partition coefficient (Wildman–Crippen LogP) is 3.28. The lowest BCUT2D eigenvalue weighted by atomic mass is 10.1. The van der Waals surface area contributed by atoms with E-state index in [4.69, 9.17) is 4.42 Å². The maximum atomic E-state index is 12.8. The third-order valence-corrected chi connectivity index (χ3v) is 6.80. The Morgan fingerprint density at radius 2 is 2.06 bits per heavy atom. The number of furan rings is 1. The maximum absolute atomic E-state index is 12.8. The van der Waals surface area contributed by atoms with Gasteiger partial charge in [0.05, 0.1) is 24.4 Å². The summed E-state index contributed by atoms with van der Waals surface area (Å²) in [5.41, 5.74) is 2.38. The molecule has 1 saturated heterocycles. The molecule has 4 heterocycles. The van der Waals surface area contributed by atoms with Crippen molar-refractivity contribution in [1.82, 2.24) is 14.8 Å². The zero-order valence-electron chi connectivity index (χ0n) is 17.1. The second-order valence-corrected chi connectivity index (χ2v) is 9.16. The predicted molar refractivity (Wildman–Crippen MR) is 117 cm³/mol. The molecule has 0 radical (unpaired) electrons. The van der Waals surface area contributed by atoms with Crippen LogP contribution in [0.1, 0.15) is 28.3 Å². The van der Waals surface area contributed by atoms with Crippen molar-refractivity contribution in [3.8, 4) is 0 Å². The number of nitrogens with one attached hydrogen (secondary N) is 1. The summed E-state index contributed by atoms with van der Waals surface area (Å²) in [5, 5.41) is 3.59. The van der Waals surface area contributed by atoms with Crippen molar-refractivity contribution in [2.75, 3.05) is 18.4 Å². The Labute approximate surface area is 184 Å². The first-order valence-corrected chi connectivity index (χ1v) is 11.3. The van der Waals surface area contributed by atoms with Gasteiger partial charge in [-0.3, -0.25) is 14.5 Å². The van der Waals surface area contributed by atoms with Gasteiger partial charge in [0.15, 0.2) is 5.13 Å². The molecule has 2 aliphatic heterocycles. The van der Waals surface area contributed by atoms with Crippen LogP contribution in [0.25, 0.3) is 0 Å². The lowest BCUT2D eigenvalue weighted by Gasteiger charge is -2.25. The zero-order chi connectivity index (χ0) is 21.2. The highest BCUT2D eigenvalue weighted by Gasteiger charge is 2.35. The van der Waals surface area contributed by atoms with Crippen LogP contribution >= 0.6 is 11.3 Å². The molecule has 160 valence electrons. The quantitative estimate of drug-likeness (QED) is 0.642. The largest absolute Gasteiger partial charge is 0.467 e. The topological polar surface area (TPSA) is 78.7 Å². The molecular formula is C23H24N4O3S. The van der Waals surface area contributed by atoms with Gasteiger partial charge >= 0.3 is 0 Å². The van der Waals surface area contributed by atoms with Crippen LogP contribution in [0.4, 0.5) is 5.13 Å². The van der Waals surface area contributed by atoms with Gasteiger partial charge in [0.25, 0.3) is 0 Å². The number of rotatable bonds is 6. The fourth-order valence-corrected chi connectivity index (χ4v) is 5.23. The summed E-state index contributed by atoms with van der Waals surface area (Å²) in [6, 6.07) is 14.1. The zero-order valence-corrected chi connectivity index (χ0v) is 17.9. The van der Waals surface area contributed by atoms with Crippen molar-refractivity contribution in [2.24, 2.45) is 5.92 Å². The first-order chi connectivity index (χ1) is 15.1.